The normalized spacial score (nSPS) is 10.5. The summed E-state index contributed by atoms with van der Waals surface area (Å²) < 4.78 is 0. The predicted molar refractivity (Wildman–Crippen MR) is 80.0 cm³/mol. The van der Waals surface area contributed by atoms with Gasteiger partial charge in [-0.25, -0.2) is 4.98 Å². The van der Waals surface area contributed by atoms with E-state index in [9.17, 15) is 4.79 Å². The molecule has 0 atom stereocenters. The summed E-state index contributed by atoms with van der Waals surface area (Å²) in [5.41, 5.74) is 2.03. The number of Topliss-reactive ketones (excluding diaryl/α,β-unsaturated/α-hetero) is 1. The van der Waals surface area contributed by atoms with E-state index in [1.165, 1.54) is 17.0 Å². The van der Waals surface area contributed by atoms with E-state index in [2.05, 4.69) is 28.9 Å². The SMILES string of the molecule is CCN(Cc1nc(C)c(C(C)=O)s1)c1ccccc1. The summed E-state index contributed by atoms with van der Waals surface area (Å²) in [4.78, 5) is 19.0. The van der Waals surface area contributed by atoms with Crippen LogP contribution in [-0.2, 0) is 6.54 Å². The minimum Gasteiger partial charge on any atom is -0.365 e. The molecule has 0 aliphatic carbocycles. The van der Waals surface area contributed by atoms with Crippen LogP contribution in [0.4, 0.5) is 5.69 Å². The van der Waals surface area contributed by atoms with Crippen LogP contribution in [-0.4, -0.2) is 17.3 Å². The van der Waals surface area contributed by atoms with Crippen LogP contribution in [0.2, 0.25) is 0 Å². The molecule has 4 heteroatoms. The van der Waals surface area contributed by atoms with Gasteiger partial charge in [0.25, 0.3) is 0 Å². The van der Waals surface area contributed by atoms with Gasteiger partial charge in [0.15, 0.2) is 5.78 Å². The average Bonchev–Trinajstić information content (AvgIpc) is 2.78. The van der Waals surface area contributed by atoms with Gasteiger partial charge < -0.3 is 4.90 Å². The Bertz CT molecular complexity index is 563. The van der Waals surface area contributed by atoms with Crippen LogP contribution in [0.15, 0.2) is 30.3 Å². The van der Waals surface area contributed by atoms with E-state index in [1.54, 1.807) is 6.92 Å². The van der Waals surface area contributed by atoms with Crippen molar-refractivity contribution in [1.82, 2.24) is 4.98 Å². The van der Waals surface area contributed by atoms with Crippen molar-refractivity contribution in [2.24, 2.45) is 0 Å². The number of thiazole rings is 1. The summed E-state index contributed by atoms with van der Waals surface area (Å²) in [7, 11) is 0. The number of carbonyl (C=O) groups excluding carboxylic acids is 1. The summed E-state index contributed by atoms with van der Waals surface area (Å²) >= 11 is 1.50. The highest BCUT2D eigenvalue weighted by molar-refractivity contribution is 7.13. The lowest BCUT2D eigenvalue weighted by atomic mass is 10.3. The van der Waals surface area contributed by atoms with Gasteiger partial charge in [-0.1, -0.05) is 18.2 Å². The fourth-order valence-electron chi connectivity index (χ4n) is 2.03. The summed E-state index contributed by atoms with van der Waals surface area (Å²) in [6, 6.07) is 10.3. The second kappa shape index (κ2) is 5.97. The van der Waals surface area contributed by atoms with Crippen LogP contribution >= 0.6 is 11.3 Å². The highest BCUT2D eigenvalue weighted by Gasteiger charge is 2.13. The lowest BCUT2D eigenvalue weighted by Crippen LogP contribution is -2.21. The molecule has 0 saturated carbocycles. The van der Waals surface area contributed by atoms with Crippen LogP contribution in [0.1, 0.15) is 34.2 Å². The maximum atomic E-state index is 11.5. The predicted octanol–water partition coefficient (Wildman–Crippen LogP) is 3.68. The molecule has 0 aliphatic heterocycles. The molecule has 0 aliphatic rings. The third-order valence-electron chi connectivity index (χ3n) is 2.99. The van der Waals surface area contributed by atoms with Gasteiger partial charge in [-0.15, -0.1) is 11.3 Å². The number of rotatable bonds is 5. The lowest BCUT2D eigenvalue weighted by molar-refractivity contribution is 0.102. The minimum atomic E-state index is 0.101. The molecular weight excluding hydrogens is 256 g/mol. The lowest BCUT2D eigenvalue weighted by Gasteiger charge is -2.21. The Morgan fingerprint density at radius 1 is 1.32 bits per heavy atom. The number of para-hydroxylation sites is 1. The topological polar surface area (TPSA) is 33.2 Å². The Kier molecular flexibility index (Phi) is 4.32. The maximum Gasteiger partial charge on any atom is 0.171 e. The molecule has 0 bridgehead atoms. The van der Waals surface area contributed by atoms with Crippen molar-refractivity contribution in [3.8, 4) is 0 Å². The quantitative estimate of drug-likeness (QED) is 0.780. The number of benzene rings is 1. The first-order valence-electron chi connectivity index (χ1n) is 6.39. The van der Waals surface area contributed by atoms with Gasteiger partial charge in [-0.05, 0) is 26.0 Å². The third-order valence-corrected chi connectivity index (χ3v) is 4.23. The fourth-order valence-corrected chi connectivity index (χ4v) is 3.01. The fraction of sp³-hybridized carbons (Fsp3) is 0.333. The Morgan fingerprint density at radius 3 is 2.53 bits per heavy atom. The zero-order valence-corrected chi connectivity index (χ0v) is 12.3. The Labute approximate surface area is 117 Å². The molecule has 0 radical (unpaired) electrons. The highest BCUT2D eigenvalue weighted by Crippen LogP contribution is 2.22. The number of aromatic nitrogens is 1. The minimum absolute atomic E-state index is 0.101. The number of carbonyl (C=O) groups is 1. The van der Waals surface area contributed by atoms with Gasteiger partial charge in [0.2, 0.25) is 0 Å². The van der Waals surface area contributed by atoms with Gasteiger partial charge in [0.05, 0.1) is 17.1 Å². The highest BCUT2D eigenvalue weighted by atomic mass is 32.1. The number of ketones is 1. The molecule has 2 rings (SSSR count). The maximum absolute atomic E-state index is 11.5. The Morgan fingerprint density at radius 2 is 2.00 bits per heavy atom. The van der Waals surface area contributed by atoms with Crippen LogP contribution < -0.4 is 4.90 Å². The van der Waals surface area contributed by atoms with Crippen molar-refractivity contribution >= 4 is 22.8 Å². The number of hydrogen-bond donors (Lipinski definition) is 0. The smallest absolute Gasteiger partial charge is 0.171 e. The molecule has 100 valence electrons. The van der Waals surface area contributed by atoms with Crippen LogP contribution in [0.5, 0.6) is 0 Å². The molecule has 0 saturated heterocycles. The zero-order chi connectivity index (χ0) is 13.8. The van der Waals surface area contributed by atoms with Crippen molar-refractivity contribution in [2.75, 3.05) is 11.4 Å². The first-order valence-corrected chi connectivity index (χ1v) is 7.20. The van der Waals surface area contributed by atoms with E-state index in [0.29, 0.717) is 0 Å². The average molecular weight is 274 g/mol. The van der Waals surface area contributed by atoms with E-state index in [4.69, 9.17) is 0 Å². The largest absolute Gasteiger partial charge is 0.365 e. The molecule has 1 aromatic heterocycles. The number of anilines is 1. The summed E-state index contributed by atoms with van der Waals surface area (Å²) in [5.74, 6) is 0.101. The van der Waals surface area contributed by atoms with Gasteiger partial charge >= 0.3 is 0 Å². The van der Waals surface area contributed by atoms with Gasteiger partial charge in [-0.2, -0.15) is 0 Å². The van der Waals surface area contributed by atoms with E-state index in [1.807, 2.05) is 25.1 Å². The van der Waals surface area contributed by atoms with E-state index < -0.39 is 0 Å². The Balaban J connectivity index is 2.19. The molecular formula is C15H18N2OS. The van der Waals surface area contributed by atoms with Crippen LogP contribution in [0, 0.1) is 6.92 Å². The number of nitrogens with zero attached hydrogens (tertiary/aromatic N) is 2. The van der Waals surface area contributed by atoms with Crippen LogP contribution in [0.25, 0.3) is 0 Å². The molecule has 2 aromatic rings. The number of hydrogen-bond acceptors (Lipinski definition) is 4. The molecule has 0 unspecified atom stereocenters. The second-order valence-corrected chi connectivity index (χ2v) is 5.51. The van der Waals surface area contributed by atoms with Gasteiger partial charge in [-0.3, -0.25) is 4.79 Å². The molecule has 1 heterocycles. The Hall–Kier alpha value is -1.68. The first kappa shape index (κ1) is 13.7. The summed E-state index contributed by atoms with van der Waals surface area (Å²) in [5, 5.41) is 0.994. The van der Waals surface area contributed by atoms with E-state index in [-0.39, 0.29) is 5.78 Å². The zero-order valence-electron chi connectivity index (χ0n) is 11.5. The molecule has 0 amide bonds. The molecule has 1 aromatic carbocycles. The van der Waals surface area contributed by atoms with Gasteiger partial charge in [0.1, 0.15) is 5.01 Å². The first-order chi connectivity index (χ1) is 9.11. The molecule has 3 nitrogen and oxygen atoms in total. The molecule has 0 N–H and O–H groups in total. The van der Waals surface area contributed by atoms with Crippen molar-refractivity contribution in [1.29, 1.82) is 0 Å². The van der Waals surface area contributed by atoms with Crippen molar-refractivity contribution in [3.63, 3.8) is 0 Å². The second-order valence-electron chi connectivity index (χ2n) is 4.43. The van der Waals surface area contributed by atoms with Crippen molar-refractivity contribution < 1.29 is 4.79 Å². The van der Waals surface area contributed by atoms with E-state index >= 15 is 0 Å². The summed E-state index contributed by atoms with van der Waals surface area (Å²) in [6.07, 6.45) is 0. The van der Waals surface area contributed by atoms with E-state index in [0.717, 1.165) is 28.7 Å². The standard InChI is InChI=1S/C15H18N2OS/c1-4-17(13-8-6-5-7-9-13)10-14-16-11(2)15(19-14)12(3)18/h5-9H,4,10H2,1-3H3. The summed E-state index contributed by atoms with van der Waals surface area (Å²) in [6.45, 7) is 7.28. The molecule has 0 spiro atoms. The monoisotopic (exact) mass is 274 g/mol. The van der Waals surface area contributed by atoms with Crippen molar-refractivity contribution in [3.05, 3.63) is 45.9 Å². The molecule has 19 heavy (non-hydrogen) atoms. The van der Waals surface area contributed by atoms with Crippen molar-refractivity contribution in [2.45, 2.75) is 27.3 Å². The van der Waals surface area contributed by atoms with Crippen LogP contribution in [0.3, 0.4) is 0 Å². The number of aryl methyl sites for hydroxylation is 1. The third kappa shape index (κ3) is 3.20. The van der Waals surface area contributed by atoms with Gasteiger partial charge in [0, 0.05) is 19.2 Å². The molecule has 0 fully saturated rings.